The average Bonchev–Trinajstić information content (AvgIpc) is 2.86. The summed E-state index contributed by atoms with van der Waals surface area (Å²) in [5, 5.41) is 3.02. The third kappa shape index (κ3) is 4.30. The molecule has 1 aliphatic heterocycles. The van der Waals surface area contributed by atoms with Crippen LogP contribution < -0.4 is 5.32 Å². The second kappa shape index (κ2) is 7.76. The van der Waals surface area contributed by atoms with E-state index in [1.54, 1.807) is 11.3 Å². The van der Waals surface area contributed by atoms with Gasteiger partial charge < -0.3 is 10.1 Å². The predicted octanol–water partition coefficient (Wildman–Crippen LogP) is 2.07. The largest absolute Gasteiger partial charge is 0.379 e. The molecule has 1 fully saturated rings. The van der Waals surface area contributed by atoms with E-state index in [0.717, 1.165) is 57.1 Å². The Balaban J connectivity index is 1.69. The number of aryl methyl sites for hydroxylation is 2. The van der Waals surface area contributed by atoms with Crippen molar-refractivity contribution in [3.8, 4) is 0 Å². The van der Waals surface area contributed by atoms with Crippen molar-refractivity contribution in [2.45, 2.75) is 26.7 Å². The molecule has 1 saturated heterocycles. The molecule has 20 heavy (non-hydrogen) atoms. The Kier molecular flexibility index (Phi) is 6.01. The van der Waals surface area contributed by atoms with E-state index in [1.807, 2.05) is 6.07 Å². The van der Waals surface area contributed by atoms with Crippen molar-refractivity contribution in [3.63, 3.8) is 0 Å². The van der Waals surface area contributed by atoms with E-state index in [9.17, 15) is 4.79 Å². The maximum absolute atomic E-state index is 12.0. The number of hydrogen-bond donors (Lipinski definition) is 1. The highest BCUT2D eigenvalue weighted by molar-refractivity contribution is 7.14. The molecule has 1 amide bonds. The van der Waals surface area contributed by atoms with Crippen LogP contribution in [0.15, 0.2) is 6.07 Å². The topological polar surface area (TPSA) is 41.6 Å². The number of nitrogens with zero attached hydrogens (tertiary/aromatic N) is 1. The van der Waals surface area contributed by atoms with Crippen LogP contribution in [0.5, 0.6) is 0 Å². The molecular weight excluding hydrogens is 272 g/mol. The molecule has 0 radical (unpaired) electrons. The van der Waals surface area contributed by atoms with Crippen molar-refractivity contribution in [3.05, 3.63) is 21.4 Å². The molecule has 1 aromatic rings. The smallest absolute Gasteiger partial charge is 0.261 e. The summed E-state index contributed by atoms with van der Waals surface area (Å²) in [6.07, 6.45) is 1.99. The molecule has 112 valence electrons. The number of ether oxygens (including phenoxy) is 1. The van der Waals surface area contributed by atoms with Gasteiger partial charge in [-0.1, -0.05) is 6.92 Å². The number of rotatable bonds is 6. The zero-order chi connectivity index (χ0) is 14.4. The van der Waals surface area contributed by atoms with Gasteiger partial charge in [0.2, 0.25) is 0 Å². The molecule has 0 atom stereocenters. The second-order valence-corrected chi connectivity index (χ2v) is 6.37. The lowest BCUT2D eigenvalue weighted by Crippen LogP contribution is -2.38. The molecule has 1 aromatic heterocycles. The second-order valence-electron chi connectivity index (χ2n) is 5.11. The van der Waals surface area contributed by atoms with Crippen LogP contribution >= 0.6 is 11.3 Å². The summed E-state index contributed by atoms with van der Waals surface area (Å²) in [4.78, 5) is 16.5. The lowest BCUT2D eigenvalue weighted by molar-refractivity contribution is 0.0374. The molecule has 0 saturated carbocycles. The van der Waals surface area contributed by atoms with Crippen molar-refractivity contribution < 1.29 is 9.53 Å². The highest BCUT2D eigenvalue weighted by Gasteiger charge is 2.12. The minimum atomic E-state index is 0.0692. The Morgan fingerprint density at radius 3 is 2.85 bits per heavy atom. The molecule has 0 bridgehead atoms. The maximum atomic E-state index is 12.0. The number of amides is 1. The minimum Gasteiger partial charge on any atom is -0.379 e. The number of carbonyl (C=O) groups excluding carboxylic acids is 1. The van der Waals surface area contributed by atoms with Gasteiger partial charge in [-0.05, 0) is 37.9 Å². The van der Waals surface area contributed by atoms with Crippen LogP contribution in [0, 0.1) is 6.92 Å². The van der Waals surface area contributed by atoms with Crippen LogP contribution in [0.3, 0.4) is 0 Å². The van der Waals surface area contributed by atoms with Crippen LogP contribution in [0.1, 0.15) is 33.5 Å². The molecule has 2 heterocycles. The van der Waals surface area contributed by atoms with E-state index >= 15 is 0 Å². The van der Waals surface area contributed by atoms with E-state index in [0.29, 0.717) is 0 Å². The summed E-state index contributed by atoms with van der Waals surface area (Å²) in [5.74, 6) is 0.0692. The van der Waals surface area contributed by atoms with Crippen LogP contribution in [-0.4, -0.2) is 50.2 Å². The SMILES string of the molecule is CCc1cc(C(=O)NCCCN2CCOCC2)sc1C. The van der Waals surface area contributed by atoms with E-state index in [4.69, 9.17) is 4.74 Å². The minimum absolute atomic E-state index is 0.0692. The molecule has 0 unspecified atom stereocenters. The first-order chi connectivity index (χ1) is 9.70. The van der Waals surface area contributed by atoms with Gasteiger partial charge in [0.05, 0.1) is 18.1 Å². The Hall–Kier alpha value is -0.910. The summed E-state index contributed by atoms with van der Waals surface area (Å²) in [5.41, 5.74) is 1.29. The number of morpholine rings is 1. The molecule has 1 N–H and O–H groups in total. The fourth-order valence-corrected chi connectivity index (χ4v) is 3.43. The average molecular weight is 296 g/mol. The standard InChI is InChI=1S/C15H24N2O2S/c1-3-13-11-14(20-12(13)2)15(18)16-5-4-6-17-7-9-19-10-8-17/h11H,3-10H2,1-2H3,(H,16,18). The Bertz CT molecular complexity index is 439. The quantitative estimate of drug-likeness (QED) is 0.817. The first kappa shape index (κ1) is 15.5. The molecule has 5 heteroatoms. The summed E-state index contributed by atoms with van der Waals surface area (Å²) >= 11 is 1.59. The number of nitrogens with one attached hydrogen (secondary N) is 1. The molecule has 0 aromatic carbocycles. The van der Waals surface area contributed by atoms with Gasteiger partial charge in [0.15, 0.2) is 0 Å². The van der Waals surface area contributed by atoms with Gasteiger partial charge in [-0.3, -0.25) is 9.69 Å². The molecular formula is C15H24N2O2S. The lowest BCUT2D eigenvalue weighted by Gasteiger charge is -2.26. The number of carbonyl (C=O) groups is 1. The van der Waals surface area contributed by atoms with E-state index in [-0.39, 0.29) is 5.91 Å². The number of hydrogen-bond acceptors (Lipinski definition) is 4. The Labute approximate surface area is 125 Å². The predicted molar refractivity (Wildman–Crippen MR) is 82.6 cm³/mol. The molecule has 0 aliphatic carbocycles. The van der Waals surface area contributed by atoms with Crippen molar-refractivity contribution in [2.24, 2.45) is 0 Å². The highest BCUT2D eigenvalue weighted by atomic mass is 32.1. The van der Waals surface area contributed by atoms with E-state index in [2.05, 4.69) is 24.1 Å². The van der Waals surface area contributed by atoms with Crippen LogP contribution in [0.25, 0.3) is 0 Å². The van der Waals surface area contributed by atoms with Gasteiger partial charge in [-0.15, -0.1) is 11.3 Å². The monoisotopic (exact) mass is 296 g/mol. The third-order valence-corrected chi connectivity index (χ3v) is 4.76. The zero-order valence-corrected chi connectivity index (χ0v) is 13.2. The van der Waals surface area contributed by atoms with Crippen molar-refractivity contribution in [1.29, 1.82) is 0 Å². The Morgan fingerprint density at radius 1 is 1.45 bits per heavy atom. The van der Waals surface area contributed by atoms with Gasteiger partial charge in [0, 0.05) is 24.5 Å². The fourth-order valence-electron chi connectivity index (χ4n) is 2.40. The first-order valence-corrected chi connectivity index (χ1v) is 8.20. The first-order valence-electron chi connectivity index (χ1n) is 7.38. The van der Waals surface area contributed by atoms with Crippen LogP contribution in [-0.2, 0) is 11.2 Å². The summed E-state index contributed by atoms with van der Waals surface area (Å²) in [7, 11) is 0. The number of thiophene rings is 1. The summed E-state index contributed by atoms with van der Waals surface area (Å²) < 4.78 is 5.32. The van der Waals surface area contributed by atoms with Gasteiger partial charge in [0.1, 0.15) is 0 Å². The van der Waals surface area contributed by atoms with Gasteiger partial charge >= 0.3 is 0 Å². The van der Waals surface area contributed by atoms with Crippen LogP contribution in [0.2, 0.25) is 0 Å². The molecule has 0 spiro atoms. The maximum Gasteiger partial charge on any atom is 0.261 e. The molecule has 2 rings (SSSR count). The summed E-state index contributed by atoms with van der Waals surface area (Å²) in [6, 6.07) is 2.03. The van der Waals surface area contributed by atoms with E-state index in [1.165, 1.54) is 10.4 Å². The van der Waals surface area contributed by atoms with Gasteiger partial charge in [0.25, 0.3) is 5.91 Å². The highest BCUT2D eigenvalue weighted by Crippen LogP contribution is 2.21. The van der Waals surface area contributed by atoms with Gasteiger partial charge in [-0.2, -0.15) is 0 Å². The zero-order valence-electron chi connectivity index (χ0n) is 12.4. The third-order valence-electron chi connectivity index (χ3n) is 3.67. The summed E-state index contributed by atoms with van der Waals surface area (Å²) in [6.45, 7) is 9.68. The molecule has 1 aliphatic rings. The van der Waals surface area contributed by atoms with Crippen molar-refractivity contribution in [1.82, 2.24) is 10.2 Å². The van der Waals surface area contributed by atoms with E-state index < -0.39 is 0 Å². The Morgan fingerprint density at radius 2 is 2.20 bits per heavy atom. The fraction of sp³-hybridized carbons (Fsp3) is 0.667. The molecule has 4 nitrogen and oxygen atoms in total. The lowest BCUT2D eigenvalue weighted by atomic mass is 10.2. The van der Waals surface area contributed by atoms with Crippen molar-refractivity contribution in [2.75, 3.05) is 39.4 Å². The van der Waals surface area contributed by atoms with Gasteiger partial charge in [-0.25, -0.2) is 0 Å². The van der Waals surface area contributed by atoms with Crippen LogP contribution in [0.4, 0.5) is 0 Å². The normalized spacial score (nSPS) is 16.3. The van der Waals surface area contributed by atoms with Crippen molar-refractivity contribution >= 4 is 17.2 Å².